The van der Waals surface area contributed by atoms with Crippen LogP contribution in [0.2, 0.25) is 5.15 Å². The number of hydrogen-bond acceptors (Lipinski definition) is 5. The topological polar surface area (TPSA) is 97.2 Å². The van der Waals surface area contributed by atoms with Gasteiger partial charge in [0.2, 0.25) is 0 Å². The maximum atomic E-state index is 12.7. The SMILES string of the molecule is CCS(=O)(=O)c1ccc(Cl)nc1CCc1cnc(C(F)(F)F)cc1C(=O)O. The van der Waals surface area contributed by atoms with Gasteiger partial charge in [-0.25, -0.2) is 18.2 Å². The van der Waals surface area contributed by atoms with Gasteiger partial charge in [-0.2, -0.15) is 13.2 Å². The highest BCUT2D eigenvalue weighted by atomic mass is 35.5. The van der Waals surface area contributed by atoms with Crippen molar-refractivity contribution in [2.75, 3.05) is 5.75 Å². The molecule has 0 spiro atoms. The van der Waals surface area contributed by atoms with Crippen LogP contribution in [-0.4, -0.2) is 35.2 Å². The Kier molecular flexibility index (Phi) is 6.10. The fraction of sp³-hybridized carbons (Fsp3) is 0.312. The molecule has 0 aliphatic carbocycles. The molecular weight excluding hydrogens is 409 g/mol. The van der Waals surface area contributed by atoms with Gasteiger partial charge in [0.15, 0.2) is 9.84 Å². The quantitative estimate of drug-likeness (QED) is 0.716. The molecular formula is C16H14ClF3N2O4S. The summed E-state index contributed by atoms with van der Waals surface area (Å²) in [6.07, 6.45) is -4.07. The lowest BCUT2D eigenvalue weighted by molar-refractivity contribution is -0.141. The summed E-state index contributed by atoms with van der Waals surface area (Å²) >= 11 is 5.81. The molecule has 2 aromatic heterocycles. The molecule has 0 unspecified atom stereocenters. The number of aromatic nitrogens is 2. The largest absolute Gasteiger partial charge is 0.478 e. The lowest BCUT2D eigenvalue weighted by Crippen LogP contribution is -2.14. The maximum absolute atomic E-state index is 12.7. The first-order valence-corrected chi connectivity index (χ1v) is 9.66. The third-order valence-electron chi connectivity index (χ3n) is 3.75. The van der Waals surface area contributed by atoms with Crippen molar-refractivity contribution in [1.29, 1.82) is 0 Å². The molecule has 0 saturated heterocycles. The van der Waals surface area contributed by atoms with Gasteiger partial charge in [0.05, 0.1) is 21.9 Å². The molecule has 0 saturated carbocycles. The van der Waals surface area contributed by atoms with E-state index in [0.29, 0.717) is 6.07 Å². The van der Waals surface area contributed by atoms with E-state index in [1.165, 1.54) is 19.1 Å². The van der Waals surface area contributed by atoms with Crippen molar-refractivity contribution in [1.82, 2.24) is 9.97 Å². The zero-order chi connectivity index (χ0) is 20.4. The third kappa shape index (κ3) is 4.95. The summed E-state index contributed by atoms with van der Waals surface area (Å²) in [6.45, 7) is 1.45. The Morgan fingerprint density at radius 3 is 2.48 bits per heavy atom. The monoisotopic (exact) mass is 422 g/mol. The van der Waals surface area contributed by atoms with E-state index in [-0.39, 0.29) is 39.9 Å². The van der Waals surface area contributed by atoms with Crippen LogP contribution in [0.4, 0.5) is 13.2 Å². The number of pyridine rings is 2. The van der Waals surface area contributed by atoms with E-state index >= 15 is 0 Å². The van der Waals surface area contributed by atoms with Gasteiger partial charge >= 0.3 is 12.1 Å². The van der Waals surface area contributed by atoms with Crippen LogP contribution < -0.4 is 0 Å². The van der Waals surface area contributed by atoms with E-state index in [2.05, 4.69) is 9.97 Å². The Bertz CT molecular complexity index is 978. The number of alkyl halides is 3. The Morgan fingerprint density at radius 1 is 1.26 bits per heavy atom. The smallest absolute Gasteiger partial charge is 0.433 e. The normalized spacial score (nSPS) is 12.2. The number of sulfone groups is 1. The number of halogens is 4. The van der Waals surface area contributed by atoms with Crippen LogP contribution in [0.15, 0.2) is 29.3 Å². The number of aryl methyl sites for hydroxylation is 2. The van der Waals surface area contributed by atoms with Crippen molar-refractivity contribution in [2.45, 2.75) is 30.8 Å². The van der Waals surface area contributed by atoms with E-state index in [1.54, 1.807) is 0 Å². The minimum atomic E-state index is -4.78. The first-order valence-electron chi connectivity index (χ1n) is 7.63. The van der Waals surface area contributed by atoms with Crippen LogP contribution in [0.5, 0.6) is 0 Å². The highest BCUT2D eigenvalue weighted by Gasteiger charge is 2.33. The maximum Gasteiger partial charge on any atom is 0.433 e. The molecule has 2 rings (SSSR count). The molecule has 0 atom stereocenters. The van der Waals surface area contributed by atoms with Crippen molar-refractivity contribution in [3.8, 4) is 0 Å². The molecule has 0 radical (unpaired) electrons. The van der Waals surface area contributed by atoms with E-state index in [0.717, 1.165) is 6.20 Å². The van der Waals surface area contributed by atoms with Crippen LogP contribution in [-0.2, 0) is 28.9 Å². The summed E-state index contributed by atoms with van der Waals surface area (Å²) in [5.41, 5.74) is -1.74. The molecule has 6 nitrogen and oxygen atoms in total. The number of carbonyl (C=O) groups is 1. The summed E-state index contributed by atoms with van der Waals surface area (Å²) in [5.74, 6) is -1.72. The molecule has 27 heavy (non-hydrogen) atoms. The van der Waals surface area contributed by atoms with Gasteiger partial charge in [-0.15, -0.1) is 0 Å². The predicted octanol–water partition coefficient (Wildman–Crippen LogP) is 3.43. The Labute approximate surface area is 157 Å². The number of nitrogens with zero attached hydrogens (tertiary/aromatic N) is 2. The molecule has 0 amide bonds. The van der Waals surface area contributed by atoms with Gasteiger partial charge in [0.1, 0.15) is 10.8 Å². The van der Waals surface area contributed by atoms with Crippen molar-refractivity contribution in [3.05, 3.63) is 52.1 Å². The summed E-state index contributed by atoms with van der Waals surface area (Å²) in [6, 6.07) is 3.06. The number of aromatic carboxylic acids is 1. The molecule has 2 heterocycles. The first kappa shape index (κ1) is 21.1. The van der Waals surface area contributed by atoms with Gasteiger partial charge in [0.25, 0.3) is 0 Å². The van der Waals surface area contributed by atoms with Crippen LogP contribution >= 0.6 is 11.6 Å². The molecule has 0 aromatic carbocycles. The second-order valence-electron chi connectivity index (χ2n) is 5.51. The first-order chi connectivity index (χ1) is 12.5. The van der Waals surface area contributed by atoms with E-state index in [1.807, 2.05) is 0 Å². The van der Waals surface area contributed by atoms with E-state index < -0.39 is 33.2 Å². The van der Waals surface area contributed by atoms with Gasteiger partial charge in [-0.3, -0.25) is 4.98 Å². The molecule has 2 aromatic rings. The average Bonchev–Trinajstić information content (AvgIpc) is 2.58. The molecule has 0 aliphatic heterocycles. The Balaban J connectivity index is 2.40. The van der Waals surface area contributed by atoms with Crippen molar-refractivity contribution >= 4 is 27.4 Å². The second-order valence-corrected chi connectivity index (χ2v) is 8.15. The summed E-state index contributed by atoms with van der Waals surface area (Å²) in [5, 5.41) is 9.24. The fourth-order valence-electron chi connectivity index (χ4n) is 2.37. The Morgan fingerprint density at radius 2 is 1.93 bits per heavy atom. The van der Waals surface area contributed by atoms with Crippen molar-refractivity contribution < 1.29 is 31.5 Å². The second kappa shape index (κ2) is 7.81. The molecule has 0 aliphatic rings. The van der Waals surface area contributed by atoms with E-state index in [4.69, 9.17) is 11.6 Å². The minimum Gasteiger partial charge on any atom is -0.478 e. The Hall–Kier alpha value is -2.20. The number of carboxylic acid groups (broad SMARTS) is 1. The lowest BCUT2D eigenvalue weighted by atomic mass is 10.0. The predicted molar refractivity (Wildman–Crippen MR) is 90.6 cm³/mol. The van der Waals surface area contributed by atoms with Gasteiger partial charge in [-0.05, 0) is 36.6 Å². The standard InChI is InChI=1S/C16H14ClF3N2O4S/c1-2-27(25,26)12-5-6-14(17)22-11(12)4-3-9-8-21-13(16(18,19)20)7-10(9)15(23)24/h5-8H,2-4H2,1H3,(H,23,24). The van der Waals surface area contributed by atoms with Gasteiger partial charge in [-0.1, -0.05) is 18.5 Å². The van der Waals surface area contributed by atoms with Gasteiger partial charge in [0, 0.05) is 6.20 Å². The molecule has 1 N–H and O–H groups in total. The molecule has 0 fully saturated rings. The highest BCUT2D eigenvalue weighted by molar-refractivity contribution is 7.91. The molecule has 0 bridgehead atoms. The zero-order valence-electron chi connectivity index (χ0n) is 13.9. The molecule has 146 valence electrons. The van der Waals surface area contributed by atoms with E-state index in [9.17, 15) is 31.5 Å². The number of hydrogen-bond donors (Lipinski definition) is 1. The summed E-state index contributed by atoms with van der Waals surface area (Å²) in [4.78, 5) is 18.5. The summed E-state index contributed by atoms with van der Waals surface area (Å²) < 4.78 is 62.5. The minimum absolute atomic E-state index is 0.0251. The highest BCUT2D eigenvalue weighted by Crippen LogP contribution is 2.29. The van der Waals surface area contributed by atoms with Crippen LogP contribution in [0.3, 0.4) is 0 Å². The van der Waals surface area contributed by atoms with Crippen LogP contribution in [0.25, 0.3) is 0 Å². The summed E-state index contributed by atoms with van der Waals surface area (Å²) in [7, 11) is -3.60. The van der Waals surface area contributed by atoms with Crippen LogP contribution in [0.1, 0.15) is 34.2 Å². The number of carboxylic acids is 1. The van der Waals surface area contributed by atoms with Crippen LogP contribution in [0, 0.1) is 0 Å². The van der Waals surface area contributed by atoms with Crippen molar-refractivity contribution in [3.63, 3.8) is 0 Å². The third-order valence-corrected chi connectivity index (χ3v) is 5.76. The lowest BCUT2D eigenvalue weighted by Gasteiger charge is -2.12. The molecule has 11 heteroatoms. The number of rotatable bonds is 6. The van der Waals surface area contributed by atoms with Crippen molar-refractivity contribution in [2.24, 2.45) is 0 Å². The van der Waals surface area contributed by atoms with Gasteiger partial charge < -0.3 is 5.11 Å². The zero-order valence-corrected chi connectivity index (χ0v) is 15.5. The average molecular weight is 423 g/mol. The fourth-order valence-corrected chi connectivity index (χ4v) is 3.63.